The molecule has 1 aliphatic heterocycles. The fourth-order valence-electron chi connectivity index (χ4n) is 2.15. The zero-order valence-corrected chi connectivity index (χ0v) is 11.4. The number of sulfonamides is 1. The van der Waals surface area contributed by atoms with Crippen LogP contribution in [0.5, 0.6) is 0 Å². The SMILES string of the molecule is Nc1ncc2c(n1)CN(S(=O)(=O)c1cccnc1)CC2. The van der Waals surface area contributed by atoms with Crippen molar-refractivity contribution in [2.75, 3.05) is 12.3 Å². The molecule has 0 aliphatic carbocycles. The first kappa shape index (κ1) is 12.9. The van der Waals surface area contributed by atoms with Gasteiger partial charge in [-0.15, -0.1) is 0 Å². The Kier molecular flexibility index (Phi) is 3.11. The van der Waals surface area contributed by atoms with Gasteiger partial charge in [0.05, 0.1) is 12.2 Å². The maximum absolute atomic E-state index is 12.5. The summed E-state index contributed by atoms with van der Waals surface area (Å²) in [6, 6.07) is 3.14. The van der Waals surface area contributed by atoms with E-state index in [-0.39, 0.29) is 17.4 Å². The summed E-state index contributed by atoms with van der Waals surface area (Å²) >= 11 is 0. The normalized spacial score (nSPS) is 15.8. The summed E-state index contributed by atoms with van der Waals surface area (Å²) in [5.41, 5.74) is 7.15. The molecule has 0 bridgehead atoms. The standard InChI is InChI=1S/C12H13N5O2S/c13-12-15-6-9-3-5-17(8-11(9)16-12)20(18,19)10-2-1-4-14-7-10/h1-2,4,6-7H,3,5,8H2,(H2,13,15,16). The third-order valence-corrected chi connectivity index (χ3v) is 5.03. The first-order valence-corrected chi connectivity index (χ1v) is 7.52. The number of pyridine rings is 1. The van der Waals surface area contributed by atoms with Gasteiger partial charge in [-0.05, 0) is 24.1 Å². The maximum atomic E-state index is 12.5. The highest BCUT2D eigenvalue weighted by Gasteiger charge is 2.29. The maximum Gasteiger partial charge on any atom is 0.244 e. The fraction of sp³-hybridized carbons (Fsp3) is 0.250. The quantitative estimate of drug-likeness (QED) is 0.848. The summed E-state index contributed by atoms with van der Waals surface area (Å²) in [5, 5.41) is 0. The van der Waals surface area contributed by atoms with E-state index in [1.54, 1.807) is 18.5 Å². The van der Waals surface area contributed by atoms with E-state index >= 15 is 0 Å². The number of hydrogen-bond donors (Lipinski definition) is 1. The Hall–Kier alpha value is -2.06. The molecular weight excluding hydrogens is 278 g/mol. The highest BCUT2D eigenvalue weighted by Crippen LogP contribution is 2.23. The molecule has 8 heteroatoms. The Morgan fingerprint density at radius 3 is 2.90 bits per heavy atom. The van der Waals surface area contributed by atoms with E-state index < -0.39 is 10.0 Å². The van der Waals surface area contributed by atoms with E-state index in [1.165, 1.54) is 16.6 Å². The van der Waals surface area contributed by atoms with Crippen LogP contribution in [0, 0.1) is 0 Å². The van der Waals surface area contributed by atoms with Gasteiger partial charge in [-0.2, -0.15) is 4.31 Å². The zero-order chi connectivity index (χ0) is 14.2. The summed E-state index contributed by atoms with van der Waals surface area (Å²) in [4.78, 5) is 12.1. The average molecular weight is 291 g/mol. The molecule has 0 aromatic carbocycles. The largest absolute Gasteiger partial charge is 0.368 e. The van der Waals surface area contributed by atoms with Crippen LogP contribution >= 0.6 is 0 Å². The number of nitrogen functional groups attached to an aromatic ring is 1. The van der Waals surface area contributed by atoms with Gasteiger partial charge >= 0.3 is 0 Å². The molecule has 0 saturated carbocycles. The van der Waals surface area contributed by atoms with Gasteiger partial charge in [-0.3, -0.25) is 4.98 Å². The van der Waals surface area contributed by atoms with Crippen LogP contribution in [0.1, 0.15) is 11.3 Å². The topological polar surface area (TPSA) is 102 Å². The Morgan fingerprint density at radius 1 is 1.30 bits per heavy atom. The lowest BCUT2D eigenvalue weighted by atomic mass is 10.1. The van der Waals surface area contributed by atoms with Gasteiger partial charge in [0.15, 0.2) is 0 Å². The van der Waals surface area contributed by atoms with E-state index in [4.69, 9.17) is 5.73 Å². The molecule has 0 spiro atoms. The number of nitrogens with two attached hydrogens (primary N) is 1. The first-order valence-electron chi connectivity index (χ1n) is 6.08. The van der Waals surface area contributed by atoms with Gasteiger partial charge in [0, 0.05) is 25.1 Å². The van der Waals surface area contributed by atoms with Crippen LogP contribution in [0.4, 0.5) is 5.95 Å². The molecule has 2 N–H and O–H groups in total. The molecule has 0 radical (unpaired) electrons. The van der Waals surface area contributed by atoms with Crippen LogP contribution in [0.15, 0.2) is 35.6 Å². The second-order valence-corrected chi connectivity index (χ2v) is 6.42. The highest BCUT2D eigenvalue weighted by atomic mass is 32.2. The summed E-state index contributed by atoms with van der Waals surface area (Å²) in [7, 11) is -3.55. The Balaban J connectivity index is 1.94. The van der Waals surface area contributed by atoms with Gasteiger partial charge in [0.2, 0.25) is 16.0 Å². The Labute approximate surface area is 116 Å². The highest BCUT2D eigenvalue weighted by molar-refractivity contribution is 7.89. The second-order valence-electron chi connectivity index (χ2n) is 4.48. The molecule has 3 rings (SSSR count). The van der Waals surface area contributed by atoms with Crippen molar-refractivity contribution in [2.45, 2.75) is 17.9 Å². The van der Waals surface area contributed by atoms with Crippen molar-refractivity contribution >= 4 is 16.0 Å². The lowest BCUT2D eigenvalue weighted by molar-refractivity contribution is 0.385. The lowest BCUT2D eigenvalue weighted by Gasteiger charge is -2.27. The number of anilines is 1. The predicted molar refractivity (Wildman–Crippen MR) is 72.0 cm³/mol. The van der Waals surface area contributed by atoms with Gasteiger partial charge in [0.25, 0.3) is 0 Å². The molecule has 7 nitrogen and oxygen atoms in total. The summed E-state index contributed by atoms with van der Waals surface area (Å²) in [5.74, 6) is 0.157. The summed E-state index contributed by atoms with van der Waals surface area (Å²) in [6.45, 7) is 0.608. The number of rotatable bonds is 2. The molecule has 20 heavy (non-hydrogen) atoms. The number of nitrogens with zero attached hydrogens (tertiary/aromatic N) is 4. The van der Waals surface area contributed by atoms with E-state index in [2.05, 4.69) is 15.0 Å². The van der Waals surface area contributed by atoms with Crippen LogP contribution in [0.3, 0.4) is 0 Å². The smallest absolute Gasteiger partial charge is 0.244 e. The van der Waals surface area contributed by atoms with Gasteiger partial charge in [-0.1, -0.05) is 0 Å². The Bertz CT molecular complexity index is 733. The van der Waals surface area contributed by atoms with E-state index in [9.17, 15) is 8.42 Å². The van der Waals surface area contributed by atoms with Gasteiger partial charge in [-0.25, -0.2) is 18.4 Å². The molecule has 0 saturated heterocycles. The zero-order valence-electron chi connectivity index (χ0n) is 10.6. The fourth-order valence-corrected chi connectivity index (χ4v) is 3.52. The van der Waals surface area contributed by atoms with Crippen LogP contribution in [0.2, 0.25) is 0 Å². The van der Waals surface area contributed by atoms with Crippen molar-refractivity contribution in [3.8, 4) is 0 Å². The molecule has 0 atom stereocenters. The lowest BCUT2D eigenvalue weighted by Crippen LogP contribution is -2.36. The van der Waals surface area contributed by atoms with Gasteiger partial charge in [0.1, 0.15) is 4.90 Å². The molecule has 2 aromatic heterocycles. The minimum atomic E-state index is -3.55. The second kappa shape index (κ2) is 4.80. The Morgan fingerprint density at radius 2 is 2.15 bits per heavy atom. The van der Waals surface area contributed by atoms with Crippen molar-refractivity contribution in [3.63, 3.8) is 0 Å². The number of fused-ring (bicyclic) bond motifs is 1. The third kappa shape index (κ3) is 2.23. The van der Waals surface area contributed by atoms with Crippen molar-refractivity contribution in [1.82, 2.24) is 19.3 Å². The van der Waals surface area contributed by atoms with Crippen molar-refractivity contribution < 1.29 is 8.42 Å². The molecule has 2 aromatic rings. The number of aromatic nitrogens is 3. The van der Waals surface area contributed by atoms with Crippen LogP contribution in [-0.4, -0.2) is 34.2 Å². The molecular formula is C12H13N5O2S. The number of hydrogen-bond acceptors (Lipinski definition) is 6. The first-order chi connectivity index (χ1) is 9.57. The van der Waals surface area contributed by atoms with Crippen LogP contribution in [-0.2, 0) is 23.0 Å². The van der Waals surface area contributed by atoms with Crippen molar-refractivity contribution in [3.05, 3.63) is 42.0 Å². The van der Waals surface area contributed by atoms with Crippen molar-refractivity contribution in [2.24, 2.45) is 0 Å². The predicted octanol–water partition coefficient (Wildman–Crippen LogP) is 0.201. The molecule has 104 valence electrons. The third-order valence-electron chi connectivity index (χ3n) is 3.20. The minimum absolute atomic E-state index is 0.157. The molecule has 1 aliphatic rings. The molecule has 3 heterocycles. The van der Waals surface area contributed by atoms with E-state index in [1.807, 2.05) is 0 Å². The molecule has 0 amide bonds. The summed E-state index contributed by atoms with van der Waals surface area (Å²) < 4.78 is 26.4. The van der Waals surface area contributed by atoms with Crippen LogP contribution < -0.4 is 5.73 Å². The average Bonchev–Trinajstić information content (AvgIpc) is 2.47. The van der Waals surface area contributed by atoms with Crippen molar-refractivity contribution in [1.29, 1.82) is 0 Å². The van der Waals surface area contributed by atoms with Crippen LogP contribution in [0.25, 0.3) is 0 Å². The van der Waals surface area contributed by atoms with E-state index in [0.717, 1.165) is 5.56 Å². The monoisotopic (exact) mass is 291 g/mol. The molecule has 0 unspecified atom stereocenters. The molecule has 0 fully saturated rings. The summed E-state index contributed by atoms with van der Waals surface area (Å²) in [6.07, 6.45) is 5.12. The minimum Gasteiger partial charge on any atom is -0.368 e. The van der Waals surface area contributed by atoms with Gasteiger partial charge < -0.3 is 5.73 Å². The van der Waals surface area contributed by atoms with E-state index in [0.29, 0.717) is 18.7 Å².